The summed E-state index contributed by atoms with van der Waals surface area (Å²) in [6, 6.07) is 0. The Balaban J connectivity index is 0.000000111. The SMILES string of the molecule is CCC1CCC2OC2C1.CCC1CCC2OC2C1. The summed E-state index contributed by atoms with van der Waals surface area (Å²) in [6.45, 7) is 4.57. The maximum atomic E-state index is 5.41. The Morgan fingerprint density at radius 2 is 1.11 bits per heavy atom. The minimum Gasteiger partial charge on any atom is -0.370 e. The van der Waals surface area contributed by atoms with Gasteiger partial charge in [-0.25, -0.2) is 0 Å². The summed E-state index contributed by atoms with van der Waals surface area (Å²) in [5, 5.41) is 0. The third-order valence-corrected chi connectivity index (χ3v) is 5.38. The van der Waals surface area contributed by atoms with Crippen LogP contribution in [0.3, 0.4) is 0 Å². The van der Waals surface area contributed by atoms with E-state index in [2.05, 4.69) is 13.8 Å². The second kappa shape index (κ2) is 5.50. The molecule has 2 aliphatic heterocycles. The lowest BCUT2D eigenvalue weighted by atomic mass is 9.88. The van der Waals surface area contributed by atoms with Crippen LogP contribution in [0.4, 0.5) is 0 Å². The smallest absolute Gasteiger partial charge is 0.0844 e. The zero-order valence-corrected chi connectivity index (χ0v) is 11.9. The predicted octanol–water partition coefficient (Wildman–Crippen LogP) is 3.93. The van der Waals surface area contributed by atoms with Crippen molar-refractivity contribution < 1.29 is 9.47 Å². The summed E-state index contributed by atoms with van der Waals surface area (Å²) in [6.07, 6.45) is 13.6. The first-order valence-corrected chi connectivity index (χ1v) is 8.11. The quantitative estimate of drug-likeness (QED) is 0.696. The molecule has 4 rings (SSSR count). The molecule has 0 N–H and O–H groups in total. The van der Waals surface area contributed by atoms with Gasteiger partial charge in [0.2, 0.25) is 0 Å². The van der Waals surface area contributed by atoms with Gasteiger partial charge in [-0.2, -0.15) is 0 Å². The van der Waals surface area contributed by atoms with Crippen molar-refractivity contribution in [2.45, 2.75) is 89.6 Å². The van der Waals surface area contributed by atoms with Gasteiger partial charge in [0.1, 0.15) is 0 Å². The Bertz CT molecular complexity index is 250. The standard InChI is InChI=1S/2C8H14O/c2*1-2-6-3-4-7-8(5-6)9-7/h2*6-8H,2-5H2,1H3. The summed E-state index contributed by atoms with van der Waals surface area (Å²) in [5.74, 6) is 1.96. The molecule has 2 heterocycles. The van der Waals surface area contributed by atoms with Crippen molar-refractivity contribution in [2.24, 2.45) is 11.8 Å². The first-order valence-electron chi connectivity index (χ1n) is 8.11. The molecule has 0 spiro atoms. The topological polar surface area (TPSA) is 25.1 Å². The lowest BCUT2D eigenvalue weighted by Gasteiger charge is -2.15. The fourth-order valence-corrected chi connectivity index (χ4v) is 3.72. The highest BCUT2D eigenvalue weighted by Gasteiger charge is 2.43. The van der Waals surface area contributed by atoms with E-state index in [0.29, 0.717) is 24.4 Å². The molecule has 2 saturated heterocycles. The normalized spacial score (nSPS) is 48.3. The molecule has 0 aromatic rings. The molecule has 4 fully saturated rings. The summed E-state index contributed by atoms with van der Waals surface area (Å²) in [7, 11) is 0. The Labute approximate surface area is 111 Å². The molecule has 2 saturated carbocycles. The lowest BCUT2D eigenvalue weighted by Crippen LogP contribution is -2.11. The number of fused-ring (bicyclic) bond motifs is 2. The van der Waals surface area contributed by atoms with E-state index in [9.17, 15) is 0 Å². The number of ether oxygens (including phenoxy) is 2. The summed E-state index contributed by atoms with van der Waals surface area (Å²) >= 11 is 0. The molecular formula is C16H28O2. The van der Waals surface area contributed by atoms with Crippen molar-refractivity contribution in [3.63, 3.8) is 0 Å². The van der Waals surface area contributed by atoms with Crippen LogP contribution in [-0.4, -0.2) is 24.4 Å². The average molecular weight is 252 g/mol. The van der Waals surface area contributed by atoms with Crippen molar-refractivity contribution >= 4 is 0 Å². The van der Waals surface area contributed by atoms with Gasteiger partial charge in [-0.15, -0.1) is 0 Å². The Hall–Kier alpha value is -0.0800. The van der Waals surface area contributed by atoms with Gasteiger partial charge in [0.25, 0.3) is 0 Å². The molecular weight excluding hydrogens is 224 g/mol. The van der Waals surface area contributed by atoms with Crippen LogP contribution in [0.5, 0.6) is 0 Å². The molecule has 0 bridgehead atoms. The van der Waals surface area contributed by atoms with Crippen LogP contribution >= 0.6 is 0 Å². The molecule has 0 aromatic heterocycles. The maximum Gasteiger partial charge on any atom is 0.0844 e. The van der Waals surface area contributed by atoms with Gasteiger partial charge < -0.3 is 9.47 Å². The summed E-state index contributed by atoms with van der Waals surface area (Å²) in [5.41, 5.74) is 0. The molecule has 4 aliphatic rings. The summed E-state index contributed by atoms with van der Waals surface area (Å²) < 4.78 is 10.8. The first-order chi connectivity index (χ1) is 8.80. The van der Waals surface area contributed by atoms with Crippen LogP contribution in [0.1, 0.15) is 65.2 Å². The Morgan fingerprint density at radius 1 is 0.667 bits per heavy atom. The van der Waals surface area contributed by atoms with Gasteiger partial charge in [0.05, 0.1) is 24.4 Å². The van der Waals surface area contributed by atoms with Crippen LogP contribution in [0, 0.1) is 11.8 Å². The van der Waals surface area contributed by atoms with Gasteiger partial charge in [-0.1, -0.05) is 26.7 Å². The molecule has 2 aliphatic carbocycles. The van der Waals surface area contributed by atoms with Crippen molar-refractivity contribution in [3.8, 4) is 0 Å². The number of hydrogen-bond donors (Lipinski definition) is 0. The summed E-state index contributed by atoms with van der Waals surface area (Å²) in [4.78, 5) is 0. The van der Waals surface area contributed by atoms with Crippen LogP contribution in [0.15, 0.2) is 0 Å². The van der Waals surface area contributed by atoms with Gasteiger partial charge >= 0.3 is 0 Å². The van der Waals surface area contributed by atoms with E-state index < -0.39 is 0 Å². The highest BCUT2D eigenvalue weighted by molar-refractivity contribution is 4.91. The number of rotatable bonds is 2. The van der Waals surface area contributed by atoms with Crippen molar-refractivity contribution in [3.05, 3.63) is 0 Å². The van der Waals surface area contributed by atoms with Gasteiger partial charge in [0.15, 0.2) is 0 Å². The van der Waals surface area contributed by atoms with E-state index in [1.165, 1.54) is 51.4 Å². The van der Waals surface area contributed by atoms with Crippen molar-refractivity contribution in [2.75, 3.05) is 0 Å². The number of epoxide rings is 2. The molecule has 6 unspecified atom stereocenters. The second-order valence-electron chi connectivity index (χ2n) is 6.60. The number of hydrogen-bond acceptors (Lipinski definition) is 2. The van der Waals surface area contributed by atoms with E-state index in [1.807, 2.05) is 0 Å². The first kappa shape index (κ1) is 12.9. The van der Waals surface area contributed by atoms with Crippen LogP contribution < -0.4 is 0 Å². The van der Waals surface area contributed by atoms with Crippen molar-refractivity contribution in [1.29, 1.82) is 0 Å². The molecule has 0 radical (unpaired) electrons. The predicted molar refractivity (Wildman–Crippen MR) is 72.6 cm³/mol. The van der Waals surface area contributed by atoms with E-state index >= 15 is 0 Å². The minimum atomic E-state index is 0.684. The van der Waals surface area contributed by atoms with Crippen molar-refractivity contribution in [1.82, 2.24) is 0 Å². The highest BCUT2D eigenvalue weighted by Crippen LogP contribution is 2.41. The van der Waals surface area contributed by atoms with E-state index in [4.69, 9.17) is 9.47 Å². The third kappa shape index (κ3) is 3.08. The molecule has 0 amide bonds. The van der Waals surface area contributed by atoms with Crippen LogP contribution in [-0.2, 0) is 9.47 Å². The zero-order chi connectivity index (χ0) is 12.5. The molecule has 0 aromatic carbocycles. The third-order valence-electron chi connectivity index (χ3n) is 5.38. The molecule has 2 heteroatoms. The van der Waals surface area contributed by atoms with E-state index in [0.717, 1.165) is 11.8 Å². The van der Waals surface area contributed by atoms with E-state index in [1.54, 1.807) is 0 Å². The Kier molecular flexibility index (Phi) is 3.95. The largest absolute Gasteiger partial charge is 0.370 e. The minimum absolute atomic E-state index is 0.684. The molecule has 2 nitrogen and oxygen atoms in total. The van der Waals surface area contributed by atoms with E-state index in [-0.39, 0.29) is 0 Å². The maximum absolute atomic E-state index is 5.41. The Morgan fingerprint density at radius 3 is 1.44 bits per heavy atom. The fraction of sp³-hybridized carbons (Fsp3) is 1.00. The lowest BCUT2D eigenvalue weighted by molar-refractivity contribution is 0.357. The van der Waals surface area contributed by atoms with Gasteiger partial charge in [-0.3, -0.25) is 0 Å². The monoisotopic (exact) mass is 252 g/mol. The highest BCUT2D eigenvalue weighted by atomic mass is 16.6. The second-order valence-corrected chi connectivity index (χ2v) is 6.60. The molecule has 104 valence electrons. The fourth-order valence-electron chi connectivity index (χ4n) is 3.72. The average Bonchev–Trinajstić information content (AvgIpc) is 3.30. The van der Waals surface area contributed by atoms with Gasteiger partial charge in [-0.05, 0) is 50.4 Å². The van der Waals surface area contributed by atoms with Crippen LogP contribution in [0.2, 0.25) is 0 Å². The zero-order valence-electron chi connectivity index (χ0n) is 11.9. The molecule has 6 atom stereocenters. The van der Waals surface area contributed by atoms with Gasteiger partial charge in [0, 0.05) is 0 Å². The van der Waals surface area contributed by atoms with Crippen LogP contribution in [0.25, 0.3) is 0 Å². The molecule has 18 heavy (non-hydrogen) atoms.